The van der Waals surface area contributed by atoms with Crippen LogP contribution in [0.25, 0.3) is 0 Å². The first-order valence-corrected chi connectivity index (χ1v) is 8.71. The Morgan fingerprint density at radius 1 is 1.23 bits per heavy atom. The van der Waals surface area contributed by atoms with Crippen LogP contribution in [-0.4, -0.2) is 53.6 Å². The molecule has 2 aromatic rings. The standard InChI is InChI=1S/C19H19N5O2/c20-11-14-2-1-3-15(10-14)18(25)24-5-4-16-12-21-19(22-17(16)13-24)23-6-8-26-9-7-23/h1-3,10,12H,4-9,13H2. The summed E-state index contributed by atoms with van der Waals surface area (Å²) in [7, 11) is 0. The van der Waals surface area contributed by atoms with Gasteiger partial charge in [-0.25, -0.2) is 9.97 Å². The van der Waals surface area contributed by atoms with Crippen molar-refractivity contribution >= 4 is 11.9 Å². The van der Waals surface area contributed by atoms with Crippen LogP contribution in [-0.2, 0) is 17.7 Å². The fourth-order valence-corrected chi connectivity index (χ4v) is 3.29. The van der Waals surface area contributed by atoms with E-state index in [1.165, 1.54) is 0 Å². The highest BCUT2D eigenvalue weighted by molar-refractivity contribution is 5.94. The van der Waals surface area contributed by atoms with Crippen molar-refractivity contribution < 1.29 is 9.53 Å². The molecule has 0 aliphatic carbocycles. The number of morpholine rings is 1. The third kappa shape index (κ3) is 3.24. The Morgan fingerprint density at radius 3 is 2.88 bits per heavy atom. The molecule has 3 heterocycles. The number of rotatable bonds is 2. The van der Waals surface area contributed by atoms with Crippen LogP contribution in [0.5, 0.6) is 0 Å². The van der Waals surface area contributed by atoms with Crippen LogP contribution in [0.4, 0.5) is 5.95 Å². The number of fused-ring (bicyclic) bond motifs is 1. The summed E-state index contributed by atoms with van der Waals surface area (Å²) in [5.74, 6) is 0.632. The van der Waals surface area contributed by atoms with Gasteiger partial charge >= 0.3 is 0 Å². The fraction of sp³-hybridized carbons (Fsp3) is 0.368. The van der Waals surface area contributed by atoms with Gasteiger partial charge in [0.2, 0.25) is 5.95 Å². The van der Waals surface area contributed by atoms with Gasteiger partial charge in [0.25, 0.3) is 5.91 Å². The average molecular weight is 349 g/mol. The Labute approximate surface area is 151 Å². The van der Waals surface area contributed by atoms with Gasteiger partial charge in [0.1, 0.15) is 0 Å². The Kier molecular flexibility index (Phi) is 4.50. The van der Waals surface area contributed by atoms with Crippen molar-refractivity contribution in [1.29, 1.82) is 5.26 Å². The van der Waals surface area contributed by atoms with E-state index in [0.717, 1.165) is 30.8 Å². The molecule has 132 valence electrons. The summed E-state index contributed by atoms with van der Waals surface area (Å²) >= 11 is 0. The molecule has 2 aliphatic heterocycles. The zero-order chi connectivity index (χ0) is 17.9. The molecule has 1 aromatic heterocycles. The maximum atomic E-state index is 12.8. The van der Waals surface area contributed by atoms with E-state index in [2.05, 4.69) is 16.0 Å². The van der Waals surface area contributed by atoms with Gasteiger partial charge in [-0.3, -0.25) is 4.79 Å². The number of carbonyl (C=O) groups is 1. The molecule has 1 aromatic carbocycles. The van der Waals surface area contributed by atoms with Crippen molar-refractivity contribution in [3.63, 3.8) is 0 Å². The number of ether oxygens (including phenoxy) is 1. The third-order valence-corrected chi connectivity index (χ3v) is 4.75. The van der Waals surface area contributed by atoms with Gasteiger partial charge < -0.3 is 14.5 Å². The van der Waals surface area contributed by atoms with Gasteiger partial charge in [-0.05, 0) is 30.2 Å². The highest BCUT2D eigenvalue weighted by Crippen LogP contribution is 2.21. The normalized spacial score (nSPS) is 16.7. The van der Waals surface area contributed by atoms with Gasteiger partial charge in [0.15, 0.2) is 0 Å². The van der Waals surface area contributed by atoms with Crippen LogP contribution in [0.1, 0.15) is 27.2 Å². The van der Waals surface area contributed by atoms with Crippen molar-refractivity contribution in [2.75, 3.05) is 37.7 Å². The number of benzene rings is 1. The predicted molar refractivity (Wildman–Crippen MR) is 94.7 cm³/mol. The van der Waals surface area contributed by atoms with Gasteiger partial charge in [-0.2, -0.15) is 5.26 Å². The number of carbonyl (C=O) groups excluding carboxylic acids is 1. The molecule has 26 heavy (non-hydrogen) atoms. The molecule has 7 heteroatoms. The molecule has 2 aliphatic rings. The molecule has 0 spiro atoms. The summed E-state index contributed by atoms with van der Waals surface area (Å²) in [4.78, 5) is 25.9. The molecule has 1 fully saturated rings. The number of amides is 1. The van der Waals surface area contributed by atoms with E-state index in [0.29, 0.717) is 43.4 Å². The Bertz CT molecular complexity index is 870. The largest absolute Gasteiger partial charge is 0.378 e. The summed E-state index contributed by atoms with van der Waals surface area (Å²) in [6.07, 6.45) is 2.62. The number of aromatic nitrogens is 2. The van der Waals surface area contributed by atoms with Crippen molar-refractivity contribution in [3.8, 4) is 6.07 Å². The lowest BCUT2D eigenvalue weighted by Crippen LogP contribution is -2.39. The molecule has 4 rings (SSSR count). The zero-order valence-corrected chi connectivity index (χ0v) is 14.4. The molecular weight excluding hydrogens is 330 g/mol. The van der Waals surface area contributed by atoms with Crippen molar-refractivity contribution in [3.05, 3.63) is 52.8 Å². The Balaban J connectivity index is 1.54. The summed E-state index contributed by atoms with van der Waals surface area (Å²) in [5.41, 5.74) is 3.02. The molecule has 0 radical (unpaired) electrons. The number of anilines is 1. The molecule has 7 nitrogen and oxygen atoms in total. The minimum atomic E-state index is -0.0701. The van der Waals surface area contributed by atoms with Gasteiger partial charge in [-0.1, -0.05) is 6.07 Å². The molecule has 1 saturated heterocycles. The Hall–Kier alpha value is -2.98. The number of hydrogen-bond donors (Lipinski definition) is 0. The SMILES string of the molecule is N#Cc1cccc(C(=O)N2CCc3cnc(N4CCOCC4)nc3C2)c1. The van der Waals surface area contributed by atoms with E-state index >= 15 is 0 Å². The zero-order valence-electron chi connectivity index (χ0n) is 14.4. The molecule has 0 atom stereocenters. The first kappa shape index (κ1) is 16.5. The van der Waals surface area contributed by atoms with Crippen molar-refractivity contribution in [2.45, 2.75) is 13.0 Å². The number of hydrogen-bond acceptors (Lipinski definition) is 6. The van der Waals surface area contributed by atoms with E-state index in [1.807, 2.05) is 6.20 Å². The molecular formula is C19H19N5O2. The summed E-state index contributed by atoms with van der Waals surface area (Å²) in [6.45, 7) is 4.01. The van der Waals surface area contributed by atoms with Crippen LogP contribution < -0.4 is 4.90 Å². The topological polar surface area (TPSA) is 82.4 Å². The highest BCUT2D eigenvalue weighted by Gasteiger charge is 2.24. The van der Waals surface area contributed by atoms with Gasteiger partial charge in [0.05, 0.1) is 37.1 Å². The van der Waals surface area contributed by atoms with E-state index in [9.17, 15) is 4.79 Å². The monoisotopic (exact) mass is 349 g/mol. The minimum absolute atomic E-state index is 0.0701. The smallest absolute Gasteiger partial charge is 0.254 e. The van der Waals surface area contributed by atoms with Crippen LogP contribution in [0.15, 0.2) is 30.5 Å². The minimum Gasteiger partial charge on any atom is -0.378 e. The van der Waals surface area contributed by atoms with E-state index in [1.54, 1.807) is 29.2 Å². The lowest BCUT2D eigenvalue weighted by Gasteiger charge is -2.30. The molecule has 1 amide bonds. The van der Waals surface area contributed by atoms with Crippen LogP contribution >= 0.6 is 0 Å². The first-order valence-electron chi connectivity index (χ1n) is 8.71. The first-order chi connectivity index (χ1) is 12.7. The average Bonchev–Trinajstić information content (AvgIpc) is 2.73. The summed E-state index contributed by atoms with van der Waals surface area (Å²) < 4.78 is 5.38. The fourth-order valence-electron chi connectivity index (χ4n) is 3.29. The van der Waals surface area contributed by atoms with Gasteiger partial charge in [-0.15, -0.1) is 0 Å². The summed E-state index contributed by atoms with van der Waals surface area (Å²) in [5, 5.41) is 9.03. The lowest BCUT2D eigenvalue weighted by molar-refractivity contribution is 0.0731. The Morgan fingerprint density at radius 2 is 2.08 bits per heavy atom. The molecule has 0 unspecified atom stereocenters. The highest BCUT2D eigenvalue weighted by atomic mass is 16.5. The molecule has 0 N–H and O–H groups in total. The van der Waals surface area contributed by atoms with Gasteiger partial charge in [0, 0.05) is 31.4 Å². The third-order valence-electron chi connectivity index (χ3n) is 4.75. The maximum absolute atomic E-state index is 12.8. The lowest BCUT2D eigenvalue weighted by atomic mass is 10.0. The van der Waals surface area contributed by atoms with E-state index < -0.39 is 0 Å². The number of nitriles is 1. The number of nitrogens with zero attached hydrogens (tertiary/aromatic N) is 5. The van der Waals surface area contributed by atoms with E-state index in [4.69, 9.17) is 15.0 Å². The second-order valence-corrected chi connectivity index (χ2v) is 6.41. The second kappa shape index (κ2) is 7.10. The second-order valence-electron chi connectivity index (χ2n) is 6.41. The quantitative estimate of drug-likeness (QED) is 0.815. The maximum Gasteiger partial charge on any atom is 0.254 e. The van der Waals surface area contributed by atoms with Crippen molar-refractivity contribution in [1.82, 2.24) is 14.9 Å². The molecule has 0 saturated carbocycles. The van der Waals surface area contributed by atoms with Crippen LogP contribution in [0, 0.1) is 11.3 Å². The molecule has 0 bridgehead atoms. The predicted octanol–water partition coefficient (Wildman–Crippen LogP) is 1.38. The summed E-state index contributed by atoms with van der Waals surface area (Å²) in [6, 6.07) is 8.90. The van der Waals surface area contributed by atoms with Crippen LogP contribution in [0.3, 0.4) is 0 Å². The van der Waals surface area contributed by atoms with Crippen LogP contribution in [0.2, 0.25) is 0 Å². The van der Waals surface area contributed by atoms with Crippen molar-refractivity contribution in [2.24, 2.45) is 0 Å². The van der Waals surface area contributed by atoms with E-state index in [-0.39, 0.29) is 5.91 Å².